The second-order valence-corrected chi connectivity index (χ2v) is 10.2. The Morgan fingerprint density at radius 2 is 1.97 bits per heavy atom. The van der Waals surface area contributed by atoms with Crippen LogP contribution in [0.5, 0.6) is 0 Å². The van der Waals surface area contributed by atoms with Crippen LogP contribution in [0.3, 0.4) is 0 Å². The minimum atomic E-state index is -0.715. The fourth-order valence-electron chi connectivity index (χ4n) is 4.59. The Morgan fingerprint density at radius 1 is 1.19 bits per heavy atom. The molecule has 1 aliphatic heterocycles. The van der Waals surface area contributed by atoms with Gasteiger partial charge in [0.25, 0.3) is 5.91 Å². The van der Waals surface area contributed by atoms with E-state index in [1.165, 1.54) is 29.2 Å². The van der Waals surface area contributed by atoms with Crippen LogP contribution in [0.1, 0.15) is 49.0 Å². The van der Waals surface area contributed by atoms with Crippen LogP contribution in [0.2, 0.25) is 0 Å². The molecule has 1 amide bonds. The number of anilines is 1. The zero-order chi connectivity index (χ0) is 26.3. The van der Waals surface area contributed by atoms with Gasteiger partial charge in [-0.15, -0.1) is 5.10 Å². The molecule has 0 bridgehead atoms. The molecule has 9 nitrogen and oxygen atoms in total. The normalized spacial score (nSPS) is 20.3. The smallest absolute Gasteiger partial charge is 0.254 e. The van der Waals surface area contributed by atoms with E-state index in [9.17, 15) is 18.7 Å². The summed E-state index contributed by atoms with van der Waals surface area (Å²) in [6.07, 6.45) is 4.85. The van der Waals surface area contributed by atoms with Gasteiger partial charge in [-0.05, 0) is 63.8 Å². The number of hydrogen-bond acceptors (Lipinski definition) is 7. The fourth-order valence-corrected chi connectivity index (χ4v) is 4.59. The van der Waals surface area contributed by atoms with Gasteiger partial charge < -0.3 is 15.7 Å². The van der Waals surface area contributed by atoms with Gasteiger partial charge in [0.15, 0.2) is 0 Å². The maximum absolute atomic E-state index is 14.7. The molecule has 2 aliphatic rings. The number of likely N-dealkylation sites (tertiary alicyclic amines) is 1. The highest BCUT2D eigenvalue weighted by atomic mass is 19.1. The minimum absolute atomic E-state index is 0.0781. The first kappa shape index (κ1) is 25.2. The highest BCUT2D eigenvalue weighted by Crippen LogP contribution is 2.27. The lowest BCUT2D eigenvalue weighted by atomic mass is 10.0. The standard InChI is InChI=1S/C26H31F2N7O2/c1-14(2)34-7-6-21(24(36)13-34)30-17-9-19(25(28)29-11-17)22-12-35(33-32-22)23-10-18(20(27)8-15(23)3)26(37)31-16-4-5-16/h8-12,14,16,21,24,30,36H,4-7,13H2,1-3H3,(H,31,37)/t21-,24+/m0/s1. The summed E-state index contributed by atoms with van der Waals surface area (Å²) in [6, 6.07) is 4.55. The number of halogens is 2. The summed E-state index contributed by atoms with van der Waals surface area (Å²) < 4.78 is 30.6. The summed E-state index contributed by atoms with van der Waals surface area (Å²) in [4.78, 5) is 18.6. The number of rotatable bonds is 7. The molecule has 0 spiro atoms. The van der Waals surface area contributed by atoms with Gasteiger partial charge in [-0.2, -0.15) is 4.39 Å². The highest BCUT2D eigenvalue weighted by Gasteiger charge is 2.29. The van der Waals surface area contributed by atoms with Crippen LogP contribution >= 0.6 is 0 Å². The van der Waals surface area contributed by atoms with E-state index in [0.717, 1.165) is 25.8 Å². The van der Waals surface area contributed by atoms with E-state index in [1.807, 2.05) is 0 Å². The molecule has 3 heterocycles. The number of β-amino-alcohol motifs (C(OH)–C–C–N with tert-alkyl or cyclic N) is 1. The molecule has 196 valence electrons. The van der Waals surface area contributed by atoms with Crippen molar-refractivity contribution in [2.75, 3.05) is 18.4 Å². The van der Waals surface area contributed by atoms with Gasteiger partial charge in [0, 0.05) is 25.2 Å². The van der Waals surface area contributed by atoms with Crippen LogP contribution in [-0.4, -0.2) is 73.2 Å². The number of amides is 1. The van der Waals surface area contributed by atoms with Gasteiger partial charge in [0.05, 0.1) is 47.0 Å². The Kier molecular flexibility index (Phi) is 6.91. The van der Waals surface area contributed by atoms with Crippen molar-refractivity contribution in [2.24, 2.45) is 0 Å². The monoisotopic (exact) mass is 511 g/mol. The fraction of sp³-hybridized carbons (Fsp3) is 0.462. The first-order chi connectivity index (χ1) is 17.7. The van der Waals surface area contributed by atoms with E-state index < -0.39 is 23.8 Å². The van der Waals surface area contributed by atoms with Crippen molar-refractivity contribution in [2.45, 2.75) is 64.3 Å². The van der Waals surface area contributed by atoms with Crippen molar-refractivity contribution >= 4 is 11.6 Å². The van der Waals surface area contributed by atoms with E-state index in [4.69, 9.17) is 0 Å². The number of benzene rings is 1. The molecule has 5 rings (SSSR count). The molecule has 11 heteroatoms. The number of aromatic nitrogens is 4. The zero-order valence-corrected chi connectivity index (χ0v) is 21.1. The number of nitrogens with one attached hydrogen (secondary N) is 2. The van der Waals surface area contributed by atoms with Crippen LogP contribution in [0.15, 0.2) is 30.6 Å². The lowest BCUT2D eigenvalue weighted by Gasteiger charge is -2.38. The number of aliphatic hydroxyl groups is 1. The van der Waals surface area contributed by atoms with Crippen LogP contribution in [-0.2, 0) is 0 Å². The number of carbonyl (C=O) groups is 1. The number of aryl methyl sites for hydroxylation is 1. The van der Waals surface area contributed by atoms with Crippen molar-refractivity contribution in [3.63, 3.8) is 0 Å². The van der Waals surface area contributed by atoms with E-state index >= 15 is 0 Å². The highest BCUT2D eigenvalue weighted by molar-refractivity contribution is 5.95. The zero-order valence-electron chi connectivity index (χ0n) is 21.1. The predicted molar refractivity (Wildman–Crippen MR) is 134 cm³/mol. The number of carbonyl (C=O) groups excluding carboxylic acids is 1. The largest absolute Gasteiger partial charge is 0.390 e. The Balaban J connectivity index is 1.37. The van der Waals surface area contributed by atoms with E-state index in [1.54, 1.807) is 13.0 Å². The second kappa shape index (κ2) is 10.1. The van der Waals surface area contributed by atoms with Gasteiger partial charge in [-0.25, -0.2) is 14.1 Å². The molecule has 1 aromatic carbocycles. The average molecular weight is 512 g/mol. The van der Waals surface area contributed by atoms with Gasteiger partial charge in [0.1, 0.15) is 11.5 Å². The topological polar surface area (TPSA) is 108 Å². The Morgan fingerprint density at radius 3 is 2.68 bits per heavy atom. The number of piperidine rings is 1. The molecule has 1 aliphatic carbocycles. The van der Waals surface area contributed by atoms with Crippen molar-refractivity contribution in [3.05, 3.63) is 53.5 Å². The third kappa shape index (κ3) is 5.47. The maximum atomic E-state index is 14.7. The molecule has 37 heavy (non-hydrogen) atoms. The van der Waals surface area contributed by atoms with Crippen LogP contribution < -0.4 is 10.6 Å². The van der Waals surface area contributed by atoms with Crippen molar-refractivity contribution < 1.29 is 18.7 Å². The lowest BCUT2D eigenvalue weighted by molar-refractivity contribution is 0.0449. The Hall–Kier alpha value is -3.44. The third-order valence-corrected chi connectivity index (χ3v) is 6.99. The Labute approximate surface area is 213 Å². The summed E-state index contributed by atoms with van der Waals surface area (Å²) in [5.74, 6) is -1.81. The van der Waals surface area contributed by atoms with Gasteiger partial charge >= 0.3 is 0 Å². The molecule has 2 fully saturated rings. The molecule has 3 N–H and O–H groups in total. The average Bonchev–Trinajstić information content (AvgIpc) is 3.53. The molecule has 2 atom stereocenters. The number of pyridine rings is 1. The Bertz CT molecular complexity index is 1310. The van der Waals surface area contributed by atoms with Crippen molar-refractivity contribution in [1.29, 1.82) is 0 Å². The van der Waals surface area contributed by atoms with E-state index in [0.29, 0.717) is 29.5 Å². The van der Waals surface area contributed by atoms with Crippen LogP contribution in [0, 0.1) is 18.7 Å². The molecule has 1 saturated carbocycles. The number of nitrogens with zero attached hydrogens (tertiary/aromatic N) is 5. The first-order valence-corrected chi connectivity index (χ1v) is 12.6. The molecule has 0 unspecified atom stereocenters. The quantitative estimate of drug-likeness (QED) is 0.419. The predicted octanol–water partition coefficient (Wildman–Crippen LogP) is 3.06. The molecular weight excluding hydrogens is 480 g/mol. The van der Waals surface area contributed by atoms with Gasteiger partial charge in [0.2, 0.25) is 5.95 Å². The molecule has 3 aromatic rings. The molecular formula is C26H31F2N7O2. The lowest BCUT2D eigenvalue weighted by Crippen LogP contribution is -2.51. The van der Waals surface area contributed by atoms with E-state index in [2.05, 4.69) is 44.7 Å². The van der Waals surface area contributed by atoms with Crippen LogP contribution in [0.4, 0.5) is 14.5 Å². The SMILES string of the molecule is Cc1cc(F)c(C(=O)NC2CC2)cc1-n1cc(-c2cc(N[C@H]3CCN(C(C)C)C[C@H]3O)cnc2F)nn1. The summed E-state index contributed by atoms with van der Waals surface area (Å²) in [7, 11) is 0. The maximum Gasteiger partial charge on any atom is 0.254 e. The van der Waals surface area contributed by atoms with E-state index in [-0.39, 0.29) is 28.9 Å². The number of hydrogen-bond donors (Lipinski definition) is 3. The van der Waals surface area contributed by atoms with Gasteiger partial charge in [-0.3, -0.25) is 9.69 Å². The number of aliphatic hydroxyl groups excluding tert-OH is 1. The van der Waals surface area contributed by atoms with Crippen LogP contribution in [0.25, 0.3) is 16.9 Å². The summed E-state index contributed by atoms with van der Waals surface area (Å²) in [6.45, 7) is 7.30. The summed E-state index contributed by atoms with van der Waals surface area (Å²) in [5, 5.41) is 24.9. The second-order valence-electron chi connectivity index (χ2n) is 10.2. The minimum Gasteiger partial charge on any atom is -0.390 e. The summed E-state index contributed by atoms with van der Waals surface area (Å²) in [5.41, 5.74) is 1.86. The molecule has 2 aromatic heterocycles. The molecule has 0 radical (unpaired) electrons. The first-order valence-electron chi connectivity index (χ1n) is 12.6. The van der Waals surface area contributed by atoms with Crippen molar-refractivity contribution in [3.8, 4) is 16.9 Å². The summed E-state index contributed by atoms with van der Waals surface area (Å²) >= 11 is 0. The third-order valence-electron chi connectivity index (χ3n) is 6.99. The van der Waals surface area contributed by atoms with Crippen molar-refractivity contribution in [1.82, 2.24) is 30.2 Å². The van der Waals surface area contributed by atoms with Gasteiger partial charge in [-0.1, -0.05) is 5.21 Å². The molecule has 1 saturated heterocycles.